The van der Waals surface area contributed by atoms with Gasteiger partial charge in [-0.25, -0.2) is 4.79 Å². The molecule has 5 amide bonds. The van der Waals surface area contributed by atoms with Crippen LogP contribution in [0.25, 0.3) is 0 Å². The van der Waals surface area contributed by atoms with Crippen molar-refractivity contribution < 1.29 is 43.8 Å². The van der Waals surface area contributed by atoms with Crippen molar-refractivity contribution in [1.82, 2.24) is 16.0 Å². The summed E-state index contributed by atoms with van der Waals surface area (Å²) < 4.78 is 0. The van der Waals surface area contributed by atoms with Gasteiger partial charge in [0.05, 0.1) is 12.5 Å². The molecule has 0 heterocycles. The molecule has 0 saturated heterocycles. The second-order valence-corrected chi connectivity index (χ2v) is 8.02. The molecule has 0 spiro atoms. The normalized spacial score (nSPS) is 13.9. The maximum Gasteiger partial charge on any atom is 0.326 e. The van der Waals surface area contributed by atoms with Crippen molar-refractivity contribution in [2.45, 2.75) is 75.5 Å². The van der Waals surface area contributed by atoms with E-state index in [9.17, 15) is 38.7 Å². The van der Waals surface area contributed by atoms with Gasteiger partial charge in [-0.05, 0) is 32.2 Å². The molecule has 16 nitrogen and oxygen atoms in total. The average molecular weight is 518 g/mol. The SMILES string of the molecule is NCCCCC(N)C(=O)NC(CCC(=O)O)C(=O)NC(CCC(N)=O)C(=O)NC(CC(N)=O)C(=O)O. The number of nitrogens with two attached hydrogens (primary N) is 4. The minimum atomic E-state index is -1.71. The first kappa shape index (κ1) is 32.2. The molecule has 4 unspecified atom stereocenters. The predicted octanol–water partition coefficient (Wildman–Crippen LogP) is -4.01. The summed E-state index contributed by atoms with van der Waals surface area (Å²) in [6.45, 7) is 0.398. The molecule has 0 rings (SSSR count). The van der Waals surface area contributed by atoms with E-state index in [1.807, 2.05) is 5.32 Å². The number of hydrogen-bond acceptors (Lipinski definition) is 9. The molecule has 0 aromatic rings. The number of nitrogens with one attached hydrogen (secondary N) is 3. The van der Waals surface area contributed by atoms with E-state index < -0.39 is 78.5 Å². The molecule has 0 aliphatic carbocycles. The van der Waals surface area contributed by atoms with Crippen LogP contribution >= 0.6 is 0 Å². The highest BCUT2D eigenvalue weighted by Crippen LogP contribution is 2.06. The molecule has 13 N–H and O–H groups in total. The van der Waals surface area contributed by atoms with Gasteiger partial charge in [0.15, 0.2) is 0 Å². The third-order valence-corrected chi connectivity index (χ3v) is 4.92. The van der Waals surface area contributed by atoms with Crippen LogP contribution < -0.4 is 38.9 Å². The number of carbonyl (C=O) groups excluding carboxylic acids is 5. The van der Waals surface area contributed by atoms with Crippen molar-refractivity contribution in [3.05, 3.63) is 0 Å². The maximum absolute atomic E-state index is 12.9. The van der Waals surface area contributed by atoms with E-state index >= 15 is 0 Å². The Morgan fingerprint density at radius 1 is 0.667 bits per heavy atom. The number of carboxylic acid groups (broad SMARTS) is 2. The van der Waals surface area contributed by atoms with Crippen LogP contribution in [0.15, 0.2) is 0 Å². The van der Waals surface area contributed by atoms with Gasteiger partial charge in [0, 0.05) is 12.8 Å². The zero-order valence-corrected chi connectivity index (χ0v) is 19.7. The van der Waals surface area contributed by atoms with Crippen LogP contribution in [0.5, 0.6) is 0 Å². The fraction of sp³-hybridized carbons (Fsp3) is 0.650. The molecule has 0 saturated carbocycles. The molecule has 0 aliphatic heterocycles. The monoisotopic (exact) mass is 517 g/mol. The molecular weight excluding hydrogens is 482 g/mol. The highest BCUT2D eigenvalue weighted by atomic mass is 16.4. The summed E-state index contributed by atoms with van der Waals surface area (Å²) in [4.78, 5) is 82.5. The number of amides is 5. The quantitative estimate of drug-likeness (QED) is 0.0743. The number of primary amides is 2. The van der Waals surface area contributed by atoms with Crippen LogP contribution in [0.2, 0.25) is 0 Å². The van der Waals surface area contributed by atoms with E-state index in [-0.39, 0.29) is 25.7 Å². The highest BCUT2D eigenvalue weighted by molar-refractivity contribution is 5.95. The molecule has 16 heteroatoms. The third kappa shape index (κ3) is 13.8. The number of carboxylic acids is 2. The first-order valence-corrected chi connectivity index (χ1v) is 11.2. The summed E-state index contributed by atoms with van der Waals surface area (Å²) >= 11 is 0. The molecule has 0 aromatic heterocycles. The lowest BCUT2D eigenvalue weighted by Gasteiger charge is -2.24. The van der Waals surface area contributed by atoms with Gasteiger partial charge in [0.25, 0.3) is 0 Å². The first-order valence-electron chi connectivity index (χ1n) is 11.2. The third-order valence-electron chi connectivity index (χ3n) is 4.92. The van der Waals surface area contributed by atoms with Crippen LogP contribution in [0, 0.1) is 0 Å². The van der Waals surface area contributed by atoms with Gasteiger partial charge in [0.1, 0.15) is 18.1 Å². The van der Waals surface area contributed by atoms with Crippen LogP contribution in [-0.2, 0) is 33.6 Å². The second kappa shape index (κ2) is 16.8. The Bertz CT molecular complexity index is 821. The lowest BCUT2D eigenvalue weighted by atomic mass is 10.0. The molecular formula is C20H35N7O9. The lowest BCUT2D eigenvalue weighted by Crippen LogP contribution is -2.57. The maximum atomic E-state index is 12.9. The Hall–Kier alpha value is -3.79. The van der Waals surface area contributed by atoms with Gasteiger partial charge < -0.3 is 49.1 Å². The molecule has 204 valence electrons. The van der Waals surface area contributed by atoms with Gasteiger partial charge in [-0.15, -0.1) is 0 Å². The Labute approximate surface area is 206 Å². The van der Waals surface area contributed by atoms with Crippen molar-refractivity contribution >= 4 is 41.5 Å². The van der Waals surface area contributed by atoms with Crippen molar-refractivity contribution in [1.29, 1.82) is 0 Å². The van der Waals surface area contributed by atoms with E-state index in [0.717, 1.165) is 0 Å². The zero-order valence-electron chi connectivity index (χ0n) is 19.7. The predicted molar refractivity (Wildman–Crippen MR) is 123 cm³/mol. The Morgan fingerprint density at radius 3 is 1.61 bits per heavy atom. The number of carbonyl (C=O) groups is 7. The van der Waals surface area contributed by atoms with Crippen molar-refractivity contribution in [3.63, 3.8) is 0 Å². The van der Waals surface area contributed by atoms with Gasteiger partial charge in [-0.3, -0.25) is 28.8 Å². The van der Waals surface area contributed by atoms with Crippen LogP contribution in [0.4, 0.5) is 0 Å². The van der Waals surface area contributed by atoms with Crippen molar-refractivity contribution in [2.75, 3.05) is 6.54 Å². The minimum Gasteiger partial charge on any atom is -0.481 e. The Balaban J connectivity index is 5.59. The fourth-order valence-electron chi connectivity index (χ4n) is 2.96. The largest absolute Gasteiger partial charge is 0.481 e. The summed E-state index contributed by atoms with van der Waals surface area (Å²) in [6, 6.07) is -5.64. The minimum absolute atomic E-state index is 0.260. The number of rotatable bonds is 19. The van der Waals surface area contributed by atoms with E-state index in [2.05, 4.69) is 10.6 Å². The summed E-state index contributed by atoms with van der Waals surface area (Å²) in [5.74, 6) is -7.45. The Morgan fingerprint density at radius 2 is 1.17 bits per heavy atom. The van der Waals surface area contributed by atoms with Gasteiger partial charge in [-0.2, -0.15) is 0 Å². The molecule has 0 radical (unpaired) electrons. The summed E-state index contributed by atoms with van der Waals surface area (Å²) in [6.07, 6.45) is -0.924. The standard InChI is InChI=1S/C20H35N7O9/c21-8-2-1-3-10(22)17(32)25-12(5-7-16(30)31)18(33)26-11(4-6-14(23)28)19(34)27-13(20(35)36)9-15(24)29/h10-13H,1-9,21-22H2,(H2,23,28)(H2,24,29)(H,25,32)(H,26,33)(H,27,34)(H,30,31)(H,35,36). The van der Waals surface area contributed by atoms with E-state index in [4.69, 9.17) is 28.0 Å². The van der Waals surface area contributed by atoms with E-state index in [1.165, 1.54) is 0 Å². The highest BCUT2D eigenvalue weighted by Gasteiger charge is 2.31. The van der Waals surface area contributed by atoms with Gasteiger partial charge in [-0.1, -0.05) is 6.42 Å². The van der Waals surface area contributed by atoms with Crippen LogP contribution in [-0.4, -0.2) is 82.4 Å². The smallest absolute Gasteiger partial charge is 0.326 e. The molecule has 36 heavy (non-hydrogen) atoms. The van der Waals surface area contributed by atoms with E-state index in [1.54, 1.807) is 0 Å². The van der Waals surface area contributed by atoms with E-state index in [0.29, 0.717) is 19.4 Å². The van der Waals surface area contributed by atoms with Crippen molar-refractivity contribution in [2.24, 2.45) is 22.9 Å². The number of unbranched alkanes of at least 4 members (excludes halogenated alkanes) is 1. The van der Waals surface area contributed by atoms with Crippen LogP contribution in [0.3, 0.4) is 0 Å². The molecule has 0 fully saturated rings. The van der Waals surface area contributed by atoms with Crippen molar-refractivity contribution in [3.8, 4) is 0 Å². The number of aliphatic carboxylic acids is 2. The molecule has 4 atom stereocenters. The fourth-order valence-corrected chi connectivity index (χ4v) is 2.96. The molecule has 0 bridgehead atoms. The topological polar surface area (TPSA) is 300 Å². The second-order valence-electron chi connectivity index (χ2n) is 8.02. The summed E-state index contributed by atoms with van der Waals surface area (Å²) in [7, 11) is 0. The van der Waals surface area contributed by atoms with Crippen LogP contribution in [0.1, 0.15) is 51.4 Å². The number of hydrogen-bond donors (Lipinski definition) is 9. The van der Waals surface area contributed by atoms with Gasteiger partial charge >= 0.3 is 11.9 Å². The van der Waals surface area contributed by atoms with Gasteiger partial charge in [0.2, 0.25) is 29.5 Å². The molecule has 0 aromatic carbocycles. The lowest BCUT2D eigenvalue weighted by molar-refractivity contribution is -0.144. The molecule has 0 aliphatic rings. The Kier molecular flexibility index (Phi) is 15.0. The zero-order chi connectivity index (χ0) is 27.8. The summed E-state index contributed by atoms with van der Waals surface area (Å²) in [5.41, 5.74) is 21.3. The first-order chi connectivity index (χ1) is 16.8. The summed E-state index contributed by atoms with van der Waals surface area (Å²) in [5, 5.41) is 24.8. The average Bonchev–Trinajstić information content (AvgIpc) is 2.77.